The second-order valence-corrected chi connectivity index (χ2v) is 5.39. The molecule has 1 aromatic carbocycles. The molecule has 1 unspecified atom stereocenters. The second-order valence-electron chi connectivity index (χ2n) is 5.39. The molecule has 1 aromatic heterocycles. The van der Waals surface area contributed by atoms with E-state index in [0.717, 1.165) is 12.8 Å². The Labute approximate surface area is 128 Å². The fraction of sp³-hybridized carbons (Fsp3) is 0.294. The largest absolute Gasteiger partial charge is 0.454 e. The summed E-state index contributed by atoms with van der Waals surface area (Å²) in [6.07, 6.45) is 0.969. The average molecular weight is 299 g/mol. The quantitative estimate of drug-likeness (QED) is 0.862. The summed E-state index contributed by atoms with van der Waals surface area (Å²) in [5.74, 6) is -0.235. The van der Waals surface area contributed by atoms with Crippen LogP contribution in [0, 0.1) is 6.92 Å². The molecule has 0 bridgehead atoms. The maximum absolute atomic E-state index is 12.3. The van der Waals surface area contributed by atoms with Gasteiger partial charge in [0.25, 0.3) is 5.91 Å². The molecule has 1 heterocycles. The highest BCUT2D eigenvalue weighted by Crippen LogP contribution is 2.24. The summed E-state index contributed by atoms with van der Waals surface area (Å²) in [5.41, 5.74) is 0.636. The first kappa shape index (κ1) is 14.4. The van der Waals surface area contributed by atoms with Crippen LogP contribution in [0.15, 0.2) is 46.9 Å². The number of aryl methyl sites for hydroxylation is 1. The summed E-state index contributed by atoms with van der Waals surface area (Å²) in [7, 11) is 0. The molecule has 5 nitrogen and oxygen atoms in total. The van der Waals surface area contributed by atoms with E-state index in [1.54, 1.807) is 43.3 Å². The number of amides is 1. The molecule has 2 aromatic rings. The lowest BCUT2D eigenvalue weighted by Crippen LogP contribution is -2.33. The van der Waals surface area contributed by atoms with Crippen LogP contribution in [-0.2, 0) is 9.53 Å². The number of esters is 1. The van der Waals surface area contributed by atoms with Crippen molar-refractivity contribution in [3.8, 4) is 0 Å². The van der Waals surface area contributed by atoms with Gasteiger partial charge in [0.05, 0.1) is 0 Å². The first-order valence-corrected chi connectivity index (χ1v) is 7.26. The number of carbonyl (C=O) groups is 2. The van der Waals surface area contributed by atoms with Gasteiger partial charge in [-0.3, -0.25) is 4.79 Å². The Morgan fingerprint density at radius 2 is 1.91 bits per heavy atom. The third kappa shape index (κ3) is 3.36. The van der Waals surface area contributed by atoms with Crippen LogP contribution in [0.2, 0.25) is 0 Å². The van der Waals surface area contributed by atoms with E-state index in [4.69, 9.17) is 9.15 Å². The number of hydrogen-bond donors (Lipinski definition) is 1. The molecule has 0 spiro atoms. The molecule has 0 aliphatic heterocycles. The lowest BCUT2D eigenvalue weighted by molar-refractivity contribution is -0.130. The standard InChI is InChI=1S/C17H17NO4/c1-11-7-10-14(21-11)17(20)22-15(12-5-3-2-4-6-12)16(19)18-13-8-9-13/h2-7,10,13,15H,8-9H2,1H3,(H,18,19). The van der Waals surface area contributed by atoms with Crippen molar-refractivity contribution in [2.24, 2.45) is 0 Å². The zero-order valence-electron chi connectivity index (χ0n) is 12.2. The van der Waals surface area contributed by atoms with Gasteiger partial charge in [-0.05, 0) is 31.9 Å². The molecule has 0 saturated heterocycles. The lowest BCUT2D eigenvalue weighted by atomic mass is 10.1. The summed E-state index contributed by atoms with van der Waals surface area (Å²) >= 11 is 0. The summed E-state index contributed by atoms with van der Waals surface area (Å²) in [4.78, 5) is 24.5. The number of ether oxygens (including phenoxy) is 1. The topological polar surface area (TPSA) is 68.5 Å². The van der Waals surface area contributed by atoms with Crippen LogP contribution in [-0.4, -0.2) is 17.9 Å². The zero-order chi connectivity index (χ0) is 15.5. The van der Waals surface area contributed by atoms with Gasteiger partial charge >= 0.3 is 5.97 Å². The van der Waals surface area contributed by atoms with E-state index in [-0.39, 0.29) is 17.7 Å². The SMILES string of the molecule is Cc1ccc(C(=O)OC(C(=O)NC2CC2)c2ccccc2)o1. The van der Waals surface area contributed by atoms with Crippen LogP contribution in [0.3, 0.4) is 0 Å². The Morgan fingerprint density at radius 3 is 2.50 bits per heavy atom. The van der Waals surface area contributed by atoms with Crippen molar-refractivity contribution in [2.75, 3.05) is 0 Å². The highest BCUT2D eigenvalue weighted by Gasteiger charge is 2.31. The fourth-order valence-electron chi connectivity index (χ4n) is 2.11. The minimum absolute atomic E-state index is 0.0950. The van der Waals surface area contributed by atoms with Crippen LogP contribution in [0.5, 0.6) is 0 Å². The van der Waals surface area contributed by atoms with Gasteiger partial charge in [0.2, 0.25) is 11.9 Å². The minimum atomic E-state index is -0.972. The summed E-state index contributed by atoms with van der Waals surface area (Å²) in [6.45, 7) is 1.74. The maximum atomic E-state index is 12.3. The number of hydrogen-bond acceptors (Lipinski definition) is 4. The summed E-state index contributed by atoms with van der Waals surface area (Å²) in [6, 6.07) is 12.4. The Kier molecular flexibility index (Phi) is 3.96. The van der Waals surface area contributed by atoms with Crippen molar-refractivity contribution < 1.29 is 18.7 Å². The number of benzene rings is 1. The highest BCUT2D eigenvalue weighted by atomic mass is 16.6. The van der Waals surface area contributed by atoms with Crippen LogP contribution in [0.4, 0.5) is 0 Å². The molecule has 1 aliphatic rings. The van der Waals surface area contributed by atoms with Crippen molar-refractivity contribution in [3.05, 3.63) is 59.5 Å². The van der Waals surface area contributed by atoms with Crippen molar-refractivity contribution in [2.45, 2.75) is 31.9 Å². The van der Waals surface area contributed by atoms with E-state index in [1.165, 1.54) is 0 Å². The van der Waals surface area contributed by atoms with E-state index < -0.39 is 12.1 Å². The van der Waals surface area contributed by atoms with E-state index >= 15 is 0 Å². The van der Waals surface area contributed by atoms with Crippen LogP contribution < -0.4 is 5.32 Å². The maximum Gasteiger partial charge on any atom is 0.375 e. The normalized spacial score (nSPS) is 15.1. The molecule has 0 radical (unpaired) electrons. The van der Waals surface area contributed by atoms with Gasteiger partial charge in [0.15, 0.2) is 0 Å². The summed E-state index contributed by atoms with van der Waals surface area (Å²) in [5, 5.41) is 2.87. The Balaban J connectivity index is 1.78. The van der Waals surface area contributed by atoms with Crippen molar-refractivity contribution in [3.63, 3.8) is 0 Å². The Morgan fingerprint density at radius 1 is 1.18 bits per heavy atom. The predicted octanol–water partition coefficient (Wildman–Crippen LogP) is 2.76. The van der Waals surface area contributed by atoms with E-state index in [0.29, 0.717) is 11.3 Å². The lowest BCUT2D eigenvalue weighted by Gasteiger charge is -2.17. The van der Waals surface area contributed by atoms with Crippen LogP contribution >= 0.6 is 0 Å². The molecular weight excluding hydrogens is 282 g/mol. The molecule has 22 heavy (non-hydrogen) atoms. The van der Waals surface area contributed by atoms with Gasteiger partial charge in [-0.2, -0.15) is 0 Å². The molecule has 1 fully saturated rings. The first-order chi connectivity index (χ1) is 10.6. The summed E-state index contributed by atoms with van der Waals surface area (Å²) < 4.78 is 10.6. The van der Waals surface area contributed by atoms with Gasteiger partial charge in [-0.15, -0.1) is 0 Å². The minimum Gasteiger partial charge on any atom is -0.454 e. The molecule has 114 valence electrons. The number of furan rings is 1. The molecule has 3 rings (SSSR count). The monoisotopic (exact) mass is 299 g/mol. The van der Waals surface area contributed by atoms with Crippen LogP contribution in [0.1, 0.15) is 40.8 Å². The predicted molar refractivity (Wildman–Crippen MR) is 79.2 cm³/mol. The van der Waals surface area contributed by atoms with E-state index in [2.05, 4.69) is 5.32 Å². The highest BCUT2D eigenvalue weighted by molar-refractivity contribution is 5.90. The Hall–Kier alpha value is -2.56. The number of carbonyl (C=O) groups excluding carboxylic acids is 2. The fourth-order valence-corrected chi connectivity index (χ4v) is 2.11. The zero-order valence-corrected chi connectivity index (χ0v) is 12.2. The van der Waals surface area contributed by atoms with Gasteiger partial charge in [0, 0.05) is 11.6 Å². The molecule has 1 amide bonds. The second kappa shape index (κ2) is 6.05. The molecule has 1 saturated carbocycles. The van der Waals surface area contributed by atoms with E-state index in [9.17, 15) is 9.59 Å². The van der Waals surface area contributed by atoms with Gasteiger partial charge < -0.3 is 14.5 Å². The van der Waals surface area contributed by atoms with Gasteiger partial charge in [0.1, 0.15) is 5.76 Å². The van der Waals surface area contributed by atoms with Gasteiger partial charge in [-0.1, -0.05) is 30.3 Å². The molecular formula is C17H17NO4. The smallest absolute Gasteiger partial charge is 0.375 e. The van der Waals surface area contributed by atoms with Gasteiger partial charge in [-0.25, -0.2) is 4.79 Å². The molecule has 5 heteroatoms. The third-order valence-electron chi connectivity index (χ3n) is 3.43. The van der Waals surface area contributed by atoms with E-state index in [1.807, 2.05) is 6.07 Å². The number of rotatable bonds is 5. The first-order valence-electron chi connectivity index (χ1n) is 7.26. The van der Waals surface area contributed by atoms with Crippen LogP contribution in [0.25, 0.3) is 0 Å². The Bertz CT molecular complexity index is 673. The molecule has 1 aliphatic carbocycles. The molecule has 1 N–H and O–H groups in total. The number of nitrogens with one attached hydrogen (secondary N) is 1. The van der Waals surface area contributed by atoms with Crippen molar-refractivity contribution in [1.29, 1.82) is 0 Å². The van der Waals surface area contributed by atoms with Crippen molar-refractivity contribution >= 4 is 11.9 Å². The average Bonchev–Trinajstić information content (AvgIpc) is 3.23. The molecule has 1 atom stereocenters. The van der Waals surface area contributed by atoms with Crippen molar-refractivity contribution in [1.82, 2.24) is 5.32 Å². The third-order valence-corrected chi connectivity index (χ3v) is 3.43.